The van der Waals surface area contributed by atoms with Crippen molar-refractivity contribution >= 4 is 9.84 Å². The molecule has 1 rings (SSSR count). The zero-order valence-corrected chi connectivity index (χ0v) is 9.65. The Hall–Kier alpha value is -0.900. The molecule has 4 heteroatoms. The molecule has 0 fully saturated rings. The van der Waals surface area contributed by atoms with Crippen LogP contribution < -0.4 is 0 Å². The minimum atomic E-state index is -3.30. The number of aryl methyl sites for hydroxylation is 1. The van der Waals surface area contributed by atoms with Crippen molar-refractivity contribution in [2.24, 2.45) is 0 Å². The molecule has 0 aliphatic carbocycles. The minimum absolute atomic E-state index is 0.0579. The Kier molecular flexibility index (Phi) is 4.77. The van der Waals surface area contributed by atoms with E-state index in [9.17, 15) is 12.8 Å². The molecule has 0 N–H and O–H groups in total. The van der Waals surface area contributed by atoms with E-state index in [1.54, 1.807) is 6.92 Å². The highest BCUT2D eigenvalue weighted by Gasteiger charge is 2.10. The van der Waals surface area contributed by atoms with Crippen LogP contribution in [0, 0.1) is 12.7 Å². The molecule has 0 saturated heterocycles. The third-order valence-electron chi connectivity index (χ3n) is 1.55. The van der Waals surface area contributed by atoms with Gasteiger partial charge in [0.05, 0.1) is 4.90 Å². The van der Waals surface area contributed by atoms with Crippen LogP contribution in [0.5, 0.6) is 0 Å². The Balaban J connectivity index is 0.000000791. The summed E-state index contributed by atoms with van der Waals surface area (Å²) in [6, 6.07) is 3.72. The van der Waals surface area contributed by atoms with Crippen LogP contribution in [0.15, 0.2) is 23.1 Å². The Morgan fingerprint density at radius 1 is 1.21 bits per heavy atom. The molecular weight excluding hydrogens is 203 g/mol. The average Bonchev–Trinajstić information content (AvgIpc) is 2.11. The first-order valence-corrected chi connectivity index (χ1v) is 6.26. The summed E-state index contributed by atoms with van der Waals surface area (Å²) in [5, 5.41) is 0. The summed E-state index contributed by atoms with van der Waals surface area (Å²) >= 11 is 0. The fourth-order valence-electron chi connectivity index (χ4n) is 0.973. The molecule has 1 aromatic rings. The molecule has 0 aliphatic rings. The normalized spacial score (nSPS) is 10.4. The number of hydrogen-bond donors (Lipinski definition) is 0. The zero-order chi connectivity index (χ0) is 11.4. The van der Waals surface area contributed by atoms with Crippen LogP contribution in [0.25, 0.3) is 0 Å². The summed E-state index contributed by atoms with van der Waals surface area (Å²) in [5.74, 6) is -0.527. The van der Waals surface area contributed by atoms with Crippen molar-refractivity contribution in [2.75, 3.05) is 6.26 Å². The summed E-state index contributed by atoms with van der Waals surface area (Å²) in [4.78, 5) is 0.0579. The van der Waals surface area contributed by atoms with Gasteiger partial charge in [-0.05, 0) is 24.6 Å². The average molecular weight is 218 g/mol. The van der Waals surface area contributed by atoms with Gasteiger partial charge in [0.15, 0.2) is 9.84 Å². The highest BCUT2D eigenvalue weighted by molar-refractivity contribution is 7.90. The predicted octanol–water partition coefficient (Wildman–Crippen LogP) is 2.56. The lowest BCUT2D eigenvalue weighted by Gasteiger charge is -2.01. The maximum Gasteiger partial charge on any atom is 0.175 e. The third-order valence-corrected chi connectivity index (χ3v) is 2.79. The van der Waals surface area contributed by atoms with Crippen LogP contribution >= 0.6 is 0 Å². The van der Waals surface area contributed by atoms with Gasteiger partial charge in [0, 0.05) is 6.26 Å². The van der Waals surface area contributed by atoms with E-state index in [1.807, 2.05) is 13.8 Å². The monoisotopic (exact) mass is 218 g/mol. The third kappa shape index (κ3) is 3.46. The fourth-order valence-corrected chi connectivity index (χ4v) is 1.95. The molecule has 0 atom stereocenters. The Bertz CT molecular complexity index is 397. The maximum atomic E-state index is 12.6. The Morgan fingerprint density at radius 3 is 2.07 bits per heavy atom. The minimum Gasteiger partial charge on any atom is -0.224 e. The maximum absolute atomic E-state index is 12.6. The molecule has 0 radical (unpaired) electrons. The Labute approximate surface area is 84.7 Å². The van der Waals surface area contributed by atoms with Crippen molar-refractivity contribution in [3.8, 4) is 0 Å². The van der Waals surface area contributed by atoms with E-state index < -0.39 is 15.7 Å². The van der Waals surface area contributed by atoms with E-state index in [0.717, 1.165) is 12.3 Å². The van der Waals surface area contributed by atoms with Crippen molar-refractivity contribution in [1.82, 2.24) is 0 Å². The predicted molar refractivity (Wildman–Crippen MR) is 55.6 cm³/mol. The molecule has 14 heavy (non-hydrogen) atoms. The zero-order valence-electron chi connectivity index (χ0n) is 8.83. The van der Waals surface area contributed by atoms with Crippen molar-refractivity contribution in [3.63, 3.8) is 0 Å². The van der Waals surface area contributed by atoms with Gasteiger partial charge in [0.2, 0.25) is 0 Å². The quantitative estimate of drug-likeness (QED) is 0.726. The summed E-state index contributed by atoms with van der Waals surface area (Å²) in [6.45, 7) is 5.63. The van der Waals surface area contributed by atoms with Gasteiger partial charge < -0.3 is 0 Å². The first kappa shape index (κ1) is 13.1. The van der Waals surface area contributed by atoms with E-state index in [-0.39, 0.29) is 4.90 Å². The first-order chi connectivity index (χ1) is 6.41. The molecule has 2 nitrogen and oxygen atoms in total. The summed E-state index contributed by atoms with van der Waals surface area (Å²) in [5.41, 5.74) is 0.568. The summed E-state index contributed by atoms with van der Waals surface area (Å²) in [6.07, 6.45) is 1.06. The lowest BCUT2D eigenvalue weighted by atomic mass is 10.2. The highest BCUT2D eigenvalue weighted by atomic mass is 32.2. The topological polar surface area (TPSA) is 34.1 Å². The van der Waals surface area contributed by atoms with Crippen LogP contribution in [0.1, 0.15) is 19.4 Å². The van der Waals surface area contributed by atoms with Crippen LogP contribution in [0.2, 0.25) is 0 Å². The SMILES string of the molecule is CC.Cc1ccc(F)cc1S(C)(=O)=O. The largest absolute Gasteiger partial charge is 0.224 e. The van der Waals surface area contributed by atoms with E-state index in [1.165, 1.54) is 12.1 Å². The second kappa shape index (κ2) is 5.10. The van der Waals surface area contributed by atoms with E-state index >= 15 is 0 Å². The molecule has 0 unspecified atom stereocenters. The van der Waals surface area contributed by atoms with Gasteiger partial charge in [-0.1, -0.05) is 19.9 Å². The molecule has 0 aromatic heterocycles. The van der Waals surface area contributed by atoms with Gasteiger partial charge in [0.1, 0.15) is 5.82 Å². The lowest BCUT2D eigenvalue weighted by molar-refractivity contribution is 0.595. The van der Waals surface area contributed by atoms with Gasteiger partial charge in [-0.3, -0.25) is 0 Å². The first-order valence-electron chi connectivity index (χ1n) is 4.37. The fraction of sp³-hybridized carbons (Fsp3) is 0.400. The highest BCUT2D eigenvalue weighted by Crippen LogP contribution is 2.15. The van der Waals surface area contributed by atoms with Crippen LogP contribution in [-0.2, 0) is 9.84 Å². The van der Waals surface area contributed by atoms with Crippen molar-refractivity contribution in [1.29, 1.82) is 0 Å². The molecule has 1 aromatic carbocycles. The molecule has 0 aliphatic heterocycles. The van der Waals surface area contributed by atoms with Crippen LogP contribution in [0.3, 0.4) is 0 Å². The molecule has 0 saturated carbocycles. The number of hydrogen-bond acceptors (Lipinski definition) is 2. The second-order valence-corrected chi connectivity index (χ2v) is 4.67. The molecule has 0 spiro atoms. The summed E-state index contributed by atoms with van der Waals surface area (Å²) < 4.78 is 34.7. The van der Waals surface area contributed by atoms with E-state index in [4.69, 9.17) is 0 Å². The van der Waals surface area contributed by atoms with Gasteiger partial charge >= 0.3 is 0 Å². The molecular formula is C10H15FO2S. The van der Waals surface area contributed by atoms with Gasteiger partial charge in [0.25, 0.3) is 0 Å². The molecule has 0 amide bonds. The van der Waals surface area contributed by atoms with Crippen molar-refractivity contribution in [3.05, 3.63) is 29.6 Å². The van der Waals surface area contributed by atoms with Gasteiger partial charge in [-0.25, -0.2) is 12.8 Å². The number of halogens is 1. The van der Waals surface area contributed by atoms with Gasteiger partial charge in [-0.2, -0.15) is 0 Å². The molecule has 80 valence electrons. The smallest absolute Gasteiger partial charge is 0.175 e. The number of rotatable bonds is 1. The second-order valence-electron chi connectivity index (χ2n) is 2.68. The summed E-state index contributed by atoms with van der Waals surface area (Å²) in [7, 11) is -3.30. The number of benzene rings is 1. The van der Waals surface area contributed by atoms with E-state index in [2.05, 4.69) is 0 Å². The Morgan fingerprint density at radius 2 is 1.71 bits per heavy atom. The lowest BCUT2D eigenvalue weighted by Crippen LogP contribution is -2.00. The number of sulfone groups is 1. The van der Waals surface area contributed by atoms with Crippen LogP contribution in [0.4, 0.5) is 4.39 Å². The van der Waals surface area contributed by atoms with Crippen LogP contribution in [-0.4, -0.2) is 14.7 Å². The van der Waals surface area contributed by atoms with Crippen molar-refractivity contribution in [2.45, 2.75) is 25.7 Å². The van der Waals surface area contributed by atoms with Crippen molar-refractivity contribution < 1.29 is 12.8 Å². The van der Waals surface area contributed by atoms with E-state index in [0.29, 0.717) is 5.56 Å². The van der Waals surface area contributed by atoms with Gasteiger partial charge in [-0.15, -0.1) is 0 Å². The standard InChI is InChI=1S/C8H9FO2S.C2H6/c1-6-3-4-7(9)5-8(6)12(2,10)11;1-2/h3-5H,1-2H3;1-2H3. The molecule has 0 heterocycles. The molecule has 0 bridgehead atoms.